The number of nitrogens with two attached hydrogens (primary N) is 1. The molecule has 0 aliphatic heterocycles. The molecule has 4 rings (SSSR count). The Morgan fingerprint density at radius 3 is 2.43 bits per heavy atom. The van der Waals surface area contributed by atoms with Gasteiger partial charge in [0.05, 0.1) is 22.6 Å². The van der Waals surface area contributed by atoms with Gasteiger partial charge in [0.2, 0.25) is 21.6 Å². The molecule has 0 bridgehead atoms. The van der Waals surface area contributed by atoms with Gasteiger partial charge in [-0.15, -0.1) is 0 Å². The molecule has 0 saturated heterocycles. The number of primary amides is 1. The number of hydrogen-bond acceptors (Lipinski definition) is 7. The number of nitrogens with zero attached hydrogens (tertiary/aromatic N) is 3. The maximum Gasteiger partial charge on any atom is 0.277 e. The average Bonchev–Trinajstić information content (AvgIpc) is 2.97. The summed E-state index contributed by atoms with van der Waals surface area (Å²) in [5, 5.41) is 20.2. The lowest BCUT2D eigenvalue weighted by Gasteiger charge is -2.23. The third-order valence-electron chi connectivity index (χ3n) is 6.98. The van der Waals surface area contributed by atoms with E-state index in [0.717, 1.165) is 12.5 Å². The van der Waals surface area contributed by atoms with E-state index in [1.165, 1.54) is 41.0 Å². The van der Waals surface area contributed by atoms with Crippen LogP contribution >= 0.6 is 0 Å². The predicted molar refractivity (Wildman–Crippen MR) is 154 cm³/mol. The zero-order chi connectivity index (χ0) is 30.6. The number of unbranched alkanes of at least 4 members (excludes halogenated alkanes) is 1. The Balaban J connectivity index is 1.84. The number of nitriles is 1. The van der Waals surface area contributed by atoms with Gasteiger partial charge in [-0.3, -0.25) is 14.2 Å². The minimum Gasteiger partial charge on any atom is -0.492 e. The van der Waals surface area contributed by atoms with E-state index in [1.807, 2.05) is 13.8 Å². The number of sulfone groups is 1. The molecule has 1 heterocycles. The van der Waals surface area contributed by atoms with Gasteiger partial charge in [0.15, 0.2) is 4.90 Å². The highest BCUT2D eigenvalue weighted by Gasteiger charge is 2.31. The molecule has 216 valence electrons. The summed E-state index contributed by atoms with van der Waals surface area (Å²) >= 11 is 0. The number of amides is 1. The van der Waals surface area contributed by atoms with E-state index < -0.39 is 43.9 Å². The molecule has 0 unspecified atom stereocenters. The summed E-state index contributed by atoms with van der Waals surface area (Å²) in [5.74, 6) is -2.18. The fourth-order valence-electron chi connectivity index (χ4n) is 4.83. The first-order valence-electron chi connectivity index (χ1n) is 13.3. The molecule has 0 fully saturated rings. The minimum atomic E-state index is -4.58. The fraction of sp³-hybridized carbons (Fsp3) is 0.226. The van der Waals surface area contributed by atoms with Crippen LogP contribution in [-0.2, 0) is 16.3 Å². The van der Waals surface area contributed by atoms with Gasteiger partial charge >= 0.3 is 0 Å². The summed E-state index contributed by atoms with van der Waals surface area (Å²) in [5.41, 5.74) is 5.70. The van der Waals surface area contributed by atoms with Crippen molar-refractivity contribution in [3.8, 4) is 23.1 Å². The molecule has 1 aromatic heterocycles. The Bertz CT molecular complexity index is 1860. The van der Waals surface area contributed by atoms with E-state index in [1.54, 1.807) is 24.3 Å². The van der Waals surface area contributed by atoms with Crippen LogP contribution in [0.2, 0.25) is 0 Å². The molecule has 11 heteroatoms. The van der Waals surface area contributed by atoms with E-state index >= 15 is 0 Å². The van der Waals surface area contributed by atoms with Crippen molar-refractivity contribution in [3.63, 3.8) is 0 Å². The number of rotatable bonds is 10. The average molecular weight is 589 g/mol. The monoisotopic (exact) mass is 588 g/mol. The highest BCUT2D eigenvalue weighted by Crippen LogP contribution is 2.31. The van der Waals surface area contributed by atoms with E-state index in [4.69, 9.17) is 5.73 Å². The highest BCUT2D eigenvalue weighted by atomic mass is 32.2. The molecule has 1 amide bonds. The number of hydrogen-bond donors (Lipinski definition) is 2. The Kier molecular flexibility index (Phi) is 8.87. The fourth-order valence-corrected chi connectivity index (χ4v) is 6.18. The van der Waals surface area contributed by atoms with Crippen LogP contribution < -0.4 is 11.3 Å². The quantitative estimate of drug-likeness (QED) is 0.267. The number of benzene rings is 3. The number of aromatic nitrogens is 2. The van der Waals surface area contributed by atoms with E-state index in [-0.39, 0.29) is 21.8 Å². The van der Waals surface area contributed by atoms with Crippen molar-refractivity contribution in [2.24, 2.45) is 5.73 Å². The number of aromatic hydroxyl groups is 1. The maximum absolute atomic E-state index is 14.6. The van der Waals surface area contributed by atoms with Crippen molar-refractivity contribution >= 4 is 15.7 Å². The second kappa shape index (κ2) is 12.4. The second-order valence-electron chi connectivity index (χ2n) is 9.71. The van der Waals surface area contributed by atoms with Gasteiger partial charge in [0, 0.05) is 17.5 Å². The SMILES string of the molecule is CCCCc1nc(O)c(S(=O)(=O)c2ccc(-c3ccc(C(N)=O)cc3F)cc2)c(=O)n1[C@@H](CC)c1cccc(C#N)c1. The summed E-state index contributed by atoms with van der Waals surface area (Å²) < 4.78 is 43.4. The molecular formula is C31H29FN4O5S. The predicted octanol–water partition coefficient (Wildman–Crippen LogP) is 4.90. The molecule has 3 aromatic carbocycles. The summed E-state index contributed by atoms with van der Waals surface area (Å²) in [7, 11) is -4.58. The van der Waals surface area contributed by atoms with Gasteiger partial charge in [-0.1, -0.05) is 50.6 Å². The van der Waals surface area contributed by atoms with Crippen LogP contribution in [0.3, 0.4) is 0 Å². The number of carbonyl (C=O) groups excluding carboxylic acids is 1. The van der Waals surface area contributed by atoms with Gasteiger partial charge < -0.3 is 10.8 Å². The summed E-state index contributed by atoms with van der Waals surface area (Å²) in [4.78, 5) is 28.3. The van der Waals surface area contributed by atoms with Crippen molar-refractivity contribution in [3.05, 3.63) is 105 Å². The van der Waals surface area contributed by atoms with Crippen LogP contribution in [0.15, 0.2) is 81.3 Å². The molecule has 0 aliphatic rings. The van der Waals surface area contributed by atoms with E-state index in [0.29, 0.717) is 36.0 Å². The van der Waals surface area contributed by atoms with Crippen molar-refractivity contribution in [2.75, 3.05) is 0 Å². The summed E-state index contributed by atoms with van der Waals surface area (Å²) in [6, 6.07) is 17.0. The van der Waals surface area contributed by atoms with Gasteiger partial charge in [-0.25, -0.2) is 12.8 Å². The Morgan fingerprint density at radius 1 is 1.12 bits per heavy atom. The van der Waals surface area contributed by atoms with Crippen LogP contribution in [0.4, 0.5) is 4.39 Å². The van der Waals surface area contributed by atoms with Crippen molar-refractivity contribution < 1.29 is 22.7 Å². The zero-order valence-corrected chi connectivity index (χ0v) is 23.9. The molecule has 42 heavy (non-hydrogen) atoms. The van der Waals surface area contributed by atoms with Gasteiger partial charge in [0.25, 0.3) is 5.56 Å². The van der Waals surface area contributed by atoms with Gasteiger partial charge in [0.1, 0.15) is 11.6 Å². The van der Waals surface area contributed by atoms with Crippen LogP contribution in [-0.4, -0.2) is 29.0 Å². The van der Waals surface area contributed by atoms with Crippen molar-refractivity contribution in [1.82, 2.24) is 9.55 Å². The van der Waals surface area contributed by atoms with E-state index in [2.05, 4.69) is 11.1 Å². The second-order valence-corrected chi connectivity index (χ2v) is 11.6. The lowest BCUT2D eigenvalue weighted by Crippen LogP contribution is -2.33. The standard InChI is InChI=1S/C31H29FN4O5S/c1-3-5-9-27-35-30(38)28(31(39)36(27)26(4-2)21-8-6-7-19(16-21)18-33)42(40,41)23-13-10-20(11-14-23)24-15-12-22(29(34)37)17-25(24)32/h6-8,10-17,26,38H,3-5,9H2,1-2H3,(H2,34,37)/t26-/m0/s1. The Labute approximate surface area is 242 Å². The topological polar surface area (TPSA) is 156 Å². The zero-order valence-electron chi connectivity index (χ0n) is 23.0. The van der Waals surface area contributed by atoms with Crippen LogP contribution in [0.1, 0.15) is 66.5 Å². The third-order valence-corrected chi connectivity index (χ3v) is 8.77. The third kappa shape index (κ3) is 5.80. The first-order valence-corrected chi connectivity index (χ1v) is 14.8. The molecule has 9 nitrogen and oxygen atoms in total. The van der Waals surface area contributed by atoms with Crippen molar-refractivity contribution in [1.29, 1.82) is 5.26 Å². The largest absolute Gasteiger partial charge is 0.492 e. The molecule has 0 spiro atoms. The number of carbonyl (C=O) groups is 1. The molecule has 0 aliphatic carbocycles. The van der Waals surface area contributed by atoms with Crippen LogP contribution in [0.25, 0.3) is 11.1 Å². The first-order chi connectivity index (χ1) is 20.0. The lowest BCUT2D eigenvalue weighted by atomic mass is 10.0. The first kappa shape index (κ1) is 30.1. The summed E-state index contributed by atoms with van der Waals surface area (Å²) in [6.07, 6.45) is 2.12. The van der Waals surface area contributed by atoms with E-state index in [9.17, 15) is 32.8 Å². The van der Waals surface area contributed by atoms with Crippen LogP contribution in [0.5, 0.6) is 5.88 Å². The summed E-state index contributed by atoms with van der Waals surface area (Å²) in [6.45, 7) is 3.78. The number of halogens is 1. The minimum absolute atomic E-state index is 0.0122. The Morgan fingerprint density at radius 2 is 1.83 bits per heavy atom. The lowest BCUT2D eigenvalue weighted by molar-refractivity contribution is 0.1000. The normalized spacial score (nSPS) is 12.0. The molecule has 1 atom stereocenters. The van der Waals surface area contributed by atoms with Crippen molar-refractivity contribution in [2.45, 2.75) is 55.4 Å². The van der Waals surface area contributed by atoms with Crippen LogP contribution in [0, 0.1) is 17.1 Å². The molecular weight excluding hydrogens is 559 g/mol. The molecule has 3 N–H and O–H groups in total. The Hall–Kier alpha value is -4.82. The molecule has 0 radical (unpaired) electrons. The number of aryl methyl sites for hydroxylation is 1. The smallest absolute Gasteiger partial charge is 0.277 e. The van der Waals surface area contributed by atoms with Gasteiger partial charge in [-0.2, -0.15) is 10.2 Å². The maximum atomic E-state index is 14.6. The molecule has 0 saturated carbocycles. The molecule has 4 aromatic rings. The van der Waals surface area contributed by atoms with Gasteiger partial charge in [-0.05, 0) is 60.4 Å². The highest BCUT2D eigenvalue weighted by molar-refractivity contribution is 7.91.